The van der Waals surface area contributed by atoms with E-state index in [0.29, 0.717) is 35.4 Å². The number of aryl methyl sites for hydroxylation is 1. The molecular formula is C20H19NO5S. The maximum atomic E-state index is 11.2. The molecule has 7 heteroatoms. The van der Waals surface area contributed by atoms with Crippen LogP contribution in [0.3, 0.4) is 0 Å². The Morgan fingerprint density at radius 1 is 1.07 bits per heavy atom. The normalized spacial score (nSPS) is 10.4. The van der Waals surface area contributed by atoms with Crippen LogP contribution in [0.5, 0.6) is 17.2 Å². The van der Waals surface area contributed by atoms with Gasteiger partial charge in [-0.1, -0.05) is 18.2 Å². The van der Waals surface area contributed by atoms with Crippen LogP contribution in [0.2, 0.25) is 0 Å². The smallest absolute Gasteiger partial charge is 0.347 e. The van der Waals surface area contributed by atoms with Gasteiger partial charge in [-0.3, -0.25) is 0 Å². The molecule has 2 aromatic carbocycles. The van der Waals surface area contributed by atoms with Gasteiger partial charge < -0.3 is 19.3 Å². The van der Waals surface area contributed by atoms with Crippen LogP contribution in [0, 0.1) is 6.92 Å². The van der Waals surface area contributed by atoms with E-state index in [1.54, 1.807) is 26.2 Å². The van der Waals surface area contributed by atoms with E-state index >= 15 is 0 Å². The molecule has 0 radical (unpaired) electrons. The molecule has 140 valence electrons. The third-order valence-electron chi connectivity index (χ3n) is 3.75. The third kappa shape index (κ3) is 4.57. The van der Waals surface area contributed by atoms with E-state index in [1.807, 2.05) is 36.4 Å². The number of thiazole rings is 1. The summed E-state index contributed by atoms with van der Waals surface area (Å²) in [5.41, 5.74) is 1.27. The predicted octanol–water partition coefficient (Wildman–Crippen LogP) is 4.28. The molecule has 3 aromatic rings. The van der Waals surface area contributed by atoms with Crippen molar-refractivity contribution in [3.63, 3.8) is 0 Å². The van der Waals surface area contributed by atoms with E-state index in [-0.39, 0.29) is 4.88 Å². The summed E-state index contributed by atoms with van der Waals surface area (Å²) in [6, 6.07) is 14.9. The molecule has 0 aliphatic rings. The highest BCUT2D eigenvalue weighted by atomic mass is 32.1. The number of hydrogen-bond donors (Lipinski definition) is 1. The zero-order valence-corrected chi connectivity index (χ0v) is 15.8. The Morgan fingerprint density at radius 3 is 2.48 bits per heavy atom. The van der Waals surface area contributed by atoms with Crippen molar-refractivity contribution in [2.45, 2.75) is 6.92 Å². The van der Waals surface area contributed by atoms with Crippen LogP contribution in [0.25, 0.3) is 10.6 Å². The van der Waals surface area contributed by atoms with Crippen molar-refractivity contribution >= 4 is 17.3 Å². The zero-order chi connectivity index (χ0) is 19.2. The SMILES string of the molecule is COc1ccc(-c2nc(C)c(C(=O)O)s2)cc1OCCOc1ccccc1. The molecule has 1 heterocycles. The maximum Gasteiger partial charge on any atom is 0.347 e. The van der Waals surface area contributed by atoms with Gasteiger partial charge >= 0.3 is 5.97 Å². The number of methoxy groups -OCH3 is 1. The standard InChI is InChI=1S/C20H19NO5S/c1-13-18(20(22)23)27-19(21-13)14-8-9-16(24-2)17(12-14)26-11-10-25-15-6-4-3-5-7-15/h3-9,12H,10-11H2,1-2H3,(H,22,23). The maximum absolute atomic E-state index is 11.2. The summed E-state index contributed by atoms with van der Waals surface area (Å²) in [4.78, 5) is 15.8. The Morgan fingerprint density at radius 2 is 1.81 bits per heavy atom. The molecule has 1 N–H and O–H groups in total. The van der Waals surface area contributed by atoms with Crippen LogP contribution in [-0.2, 0) is 0 Å². The first kappa shape index (κ1) is 18.7. The third-order valence-corrected chi connectivity index (χ3v) is 4.95. The first-order chi connectivity index (χ1) is 13.1. The molecule has 0 aliphatic carbocycles. The van der Waals surface area contributed by atoms with E-state index in [4.69, 9.17) is 14.2 Å². The van der Waals surface area contributed by atoms with Gasteiger partial charge in [-0.2, -0.15) is 0 Å². The van der Waals surface area contributed by atoms with Gasteiger partial charge in [0.05, 0.1) is 12.8 Å². The van der Waals surface area contributed by atoms with Gasteiger partial charge in [-0.15, -0.1) is 11.3 Å². The summed E-state index contributed by atoms with van der Waals surface area (Å²) in [6.07, 6.45) is 0. The number of rotatable bonds is 8. The van der Waals surface area contributed by atoms with Crippen LogP contribution in [0.4, 0.5) is 0 Å². The van der Waals surface area contributed by atoms with Gasteiger partial charge in [0, 0.05) is 5.56 Å². The highest BCUT2D eigenvalue weighted by Gasteiger charge is 2.16. The quantitative estimate of drug-likeness (QED) is 0.583. The van der Waals surface area contributed by atoms with Gasteiger partial charge in [0.2, 0.25) is 0 Å². The lowest BCUT2D eigenvalue weighted by Crippen LogP contribution is -2.09. The van der Waals surface area contributed by atoms with Crippen LogP contribution < -0.4 is 14.2 Å². The molecule has 0 saturated heterocycles. The number of nitrogens with zero attached hydrogens (tertiary/aromatic N) is 1. The molecule has 3 rings (SSSR count). The second kappa shape index (κ2) is 8.55. The fourth-order valence-corrected chi connectivity index (χ4v) is 3.37. The van der Waals surface area contributed by atoms with E-state index in [2.05, 4.69) is 4.98 Å². The average Bonchev–Trinajstić information content (AvgIpc) is 3.08. The fraction of sp³-hybridized carbons (Fsp3) is 0.200. The number of benzene rings is 2. The Hall–Kier alpha value is -3.06. The van der Waals surface area contributed by atoms with Crippen molar-refractivity contribution in [1.82, 2.24) is 4.98 Å². The van der Waals surface area contributed by atoms with Crippen molar-refractivity contribution in [1.29, 1.82) is 0 Å². The molecule has 0 bridgehead atoms. The summed E-state index contributed by atoms with van der Waals surface area (Å²) in [7, 11) is 1.57. The summed E-state index contributed by atoms with van der Waals surface area (Å²) < 4.78 is 16.8. The summed E-state index contributed by atoms with van der Waals surface area (Å²) >= 11 is 1.14. The van der Waals surface area contributed by atoms with Crippen LogP contribution in [0.1, 0.15) is 15.4 Å². The minimum Gasteiger partial charge on any atom is -0.493 e. The second-order valence-corrected chi connectivity index (χ2v) is 6.61. The van der Waals surface area contributed by atoms with Crippen LogP contribution in [-0.4, -0.2) is 36.4 Å². The Kier molecular flexibility index (Phi) is 5.93. The minimum absolute atomic E-state index is 0.236. The minimum atomic E-state index is -0.973. The number of carbonyl (C=O) groups is 1. The van der Waals surface area contributed by atoms with Crippen LogP contribution >= 0.6 is 11.3 Å². The van der Waals surface area contributed by atoms with E-state index in [9.17, 15) is 9.90 Å². The summed E-state index contributed by atoms with van der Waals surface area (Å²) in [5, 5.41) is 9.83. The molecular weight excluding hydrogens is 366 g/mol. The molecule has 0 atom stereocenters. The number of hydrogen-bond acceptors (Lipinski definition) is 6. The molecule has 0 spiro atoms. The van der Waals surface area contributed by atoms with E-state index in [0.717, 1.165) is 22.6 Å². The topological polar surface area (TPSA) is 77.9 Å². The lowest BCUT2D eigenvalue weighted by Gasteiger charge is -2.12. The Bertz CT molecular complexity index is 923. The molecule has 0 aliphatic heterocycles. The number of aromatic nitrogens is 1. The van der Waals surface area contributed by atoms with Gasteiger partial charge in [0.15, 0.2) is 11.5 Å². The number of ether oxygens (including phenoxy) is 3. The first-order valence-electron chi connectivity index (χ1n) is 8.28. The molecule has 6 nitrogen and oxygen atoms in total. The van der Waals surface area contributed by atoms with Crippen molar-refractivity contribution in [2.75, 3.05) is 20.3 Å². The summed E-state index contributed by atoms with van der Waals surface area (Å²) in [5.74, 6) is 0.946. The summed E-state index contributed by atoms with van der Waals surface area (Å²) in [6.45, 7) is 2.41. The van der Waals surface area contributed by atoms with Gasteiger partial charge in [-0.25, -0.2) is 9.78 Å². The predicted molar refractivity (Wildman–Crippen MR) is 103 cm³/mol. The molecule has 0 saturated carbocycles. The van der Waals surface area contributed by atoms with E-state index in [1.165, 1.54) is 0 Å². The van der Waals surface area contributed by atoms with Crippen molar-refractivity contribution < 1.29 is 24.1 Å². The van der Waals surface area contributed by atoms with Gasteiger partial charge in [0.25, 0.3) is 0 Å². The molecule has 1 aromatic heterocycles. The molecule has 27 heavy (non-hydrogen) atoms. The largest absolute Gasteiger partial charge is 0.493 e. The number of para-hydroxylation sites is 1. The number of carboxylic acids is 1. The lowest BCUT2D eigenvalue weighted by atomic mass is 10.2. The molecule has 0 amide bonds. The molecule has 0 fully saturated rings. The number of carboxylic acid groups (broad SMARTS) is 1. The van der Waals surface area contributed by atoms with Crippen molar-refractivity contribution in [3.05, 3.63) is 59.1 Å². The number of aromatic carboxylic acids is 1. The first-order valence-corrected chi connectivity index (χ1v) is 9.10. The Labute approximate surface area is 161 Å². The average molecular weight is 385 g/mol. The highest BCUT2D eigenvalue weighted by Crippen LogP contribution is 2.35. The fourth-order valence-electron chi connectivity index (χ4n) is 2.47. The highest BCUT2D eigenvalue weighted by molar-refractivity contribution is 7.17. The second-order valence-electron chi connectivity index (χ2n) is 5.61. The van der Waals surface area contributed by atoms with Gasteiger partial charge in [0.1, 0.15) is 28.8 Å². The van der Waals surface area contributed by atoms with Crippen LogP contribution in [0.15, 0.2) is 48.5 Å². The van der Waals surface area contributed by atoms with Gasteiger partial charge in [-0.05, 0) is 37.3 Å². The molecule has 0 unspecified atom stereocenters. The van der Waals surface area contributed by atoms with Crippen molar-refractivity contribution in [3.8, 4) is 27.8 Å². The Balaban J connectivity index is 1.71. The lowest BCUT2D eigenvalue weighted by molar-refractivity contribution is 0.0701. The monoisotopic (exact) mass is 385 g/mol. The zero-order valence-electron chi connectivity index (χ0n) is 15.0. The van der Waals surface area contributed by atoms with E-state index < -0.39 is 5.97 Å². The van der Waals surface area contributed by atoms with Crippen molar-refractivity contribution in [2.24, 2.45) is 0 Å².